The molecule has 1 unspecified atom stereocenters. The van der Waals surface area contributed by atoms with Gasteiger partial charge in [-0.15, -0.1) is 0 Å². The van der Waals surface area contributed by atoms with Gasteiger partial charge in [0.25, 0.3) is 0 Å². The van der Waals surface area contributed by atoms with Crippen molar-refractivity contribution >= 4 is 11.6 Å². The number of aromatic nitrogens is 2. The van der Waals surface area contributed by atoms with Crippen molar-refractivity contribution in [3.63, 3.8) is 0 Å². The third-order valence-corrected chi connectivity index (χ3v) is 3.46. The summed E-state index contributed by atoms with van der Waals surface area (Å²) in [5.41, 5.74) is 2.04. The lowest BCUT2D eigenvalue weighted by atomic mass is 10.2. The van der Waals surface area contributed by atoms with Crippen molar-refractivity contribution in [3.05, 3.63) is 46.7 Å². The Morgan fingerprint density at radius 1 is 1.48 bits per heavy atom. The second-order valence-electron chi connectivity index (χ2n) is 5.03. The molecule has 0 bridgehead atoms. The van der Waals surface area contributed by atoms with Gasteiger partial charge >= 0.3 is 0 Å². The summed E-state index contributed by atoms with van der Waals surface area (Å²) in [6, 6.07) is 5.45. The Hall–Kier alpha value is -1.56. The zero-order valence-corrected chi connectivity index (χ0v) is 13.0. The topological polar surface area (TPSA) is 59.3 Å². The number of aliphatic hydroxyl groups excluding tert-OH is 1. The van der Waals surface area contributed by atoms with Gasteiger partial charge in [0, 0.05) is 36.9 Å². The highest BCUT2D eigenvalue weighted by atomic mass is 35.5. The molecule has 0 radical (unpaired) electrons. The van der Waals surface area contributed by atoms with E-state index in [9.17, 15) is 5.11 Å². The van der Waals surface area contributed by atoms with Crippen LogP contribution in [0.3, 0.4) is 0 Å². The first-order valence-corrected chi connectivity index (χ1v) is 7.17. The molecule has 1 atom stereocenters. The molecular weight excluding hydrogens is 290 g/mol. The first-order chi connectivity index (χ1) is 10.0. The van der Waals surface area contributed by atoms with E-state index in [-0.39, 0.29) is 6.61 Å². The highest BCUT2D eigenvalue weighted by Gasteiger charge is 2.06. The minimum Gasteiger partial charge on any atom is -0.491 e. The number of nitrogens with zero attached hydrogens (tertiary/aromatic N) is 2. The second kappa shape index (κ2) is 7.45. The van der Waals surface area contributed by atoms with Gasteiger partial charge < -0.3 is 15.2 Å². The van der Waals surface area contributed by atoms with Gasteiger partial charge in [-0.05, 0) is 30.7 Å². The second-order valence-corrected chi connectivity index (χ2v) is 5.44. The number of ether oxygens (including phenoxy) is 1. The molecule has 1 aromatic heterocycles. The van der Waals surface area contributed by atoms with Gasteiger partial charge in [-0.3, -0.25) is 4.68 Å². The molecule has 0 saturated heterocycles. The fourth-order valence-electron chi connectivity index (χ4n) is 1.90. The van der Waals surface area contributed by atoms with Crippen LogP contribution in [0, 0.1) is 6.92 Å². The van der Waals surface area contributed by atoms with Gasteiger partial charge in [0.1, 0.15) is 18.5 Å². The van der Waals surface area contributed by atoms with E-state index >= 15 is 0 Å². The standard InChI is InChI=1S/C15H20ClN3O2/c1-11-5-14(3-4-15(11)16)21-10-13(20)8-17-6-12-7-18-19(2)9-12/h3-5,7,9,13,17,20H,6,8,10H2,1-2H3. The van der Waals surface area contributed by atoms with E-state index in [0.29, 0.717) is 23.9 Å². The maximum Gasteiger partial charge on any atom is 0.119 e. The average Bonchev–Trinajstić information content (AvgIpc) is 2.86. The molecule has 21 heavy (non-hydrogen) atoms. The molecule has 2 rings (SSSR count). The third kappa shape index (κ3) is 5.04. The van der Waals surface area contributed by atoms with Crippen LogP contribution < -0.4 is 10.1 Å². The van der Waals surface area contributed by atoms with Crippen LogP contribution in [0.25, 0.3) is 0 Å². The summed E-state index contributed by atoms with van der Waals surface area (Å²) in [5, 5.41) is 17.8. The minimum absolute atomic E-state index is 0.237. The molecular formula is C15H20ClN3O2. The number of benzene rings is 1. The molecule has 5 nitrogen and oxygen atoms in total. The average molecular weight is 310 g/mol. The van der Waals surface area contributed by atoms with Crippen LogP contribution in [0.4, 0.5) is 0 Å². The Balaban J connectivity index is 1.69. The van der Waals surface area contributed by atoms with E-state index in [1.54, 1.807) is 23.0 Å². The zero-order chi connectivity index (χ0) is 15.2. The van der Waals surface area contributed by atoms with Gasteiger partial charge in [0.05, 0.1) is 6.20 Å². The fraction of sp³-hybridized carbons (Fsp3) is 0.400. The zero-order valence-electron chi connectivity index (χ0n) is 12.2. The lowest BCUT2D eigenvalue weighted by Gasteiger charge is -2.13. The van der Waals surface area contributed by atoms with Crippen LogP contribution in [0.1, 0.15) is 11.1 Å². The van der Waals surface area contributed by atoms with Crippen molar-refractivity contribution in [3.8, 4) is 5.75 Å². The van der Waals surface area contributed by atoms with Crippen LogP contribution in [0.2, 0.25) is 5.02 Å². The number of nitrogens with one attached hydrogen (secondary N) is 1. The maximum atomic E-state index is 9.88. The maximum absolute atomic E-state index is 9.88. The monoisotopic (exact) mass is 309 g/mol. The van der Waals surface area contributed by atoms with E-state index in [1.807, 2.05) is 26.2 Å². The van der Waals surface area contributed by atoms with E-state index < -0.39 is 6.10 Å². The third-order valence-electron chi connectivity index (χ3n) is 3.04. The molecule has 0 saturated carbocycles. The number of aryl methyl sites for hydroxylation is 2. The first-order valence-electron chi connectivity index (χ1n) is 6.80. The summed E-state index contributed by atoms with van der Waals surface area (Å²) in [5.74, 6) is 0.711. The van der Waals surface area contributed by atoms with E-state index in [2.05, 4.69) is 10.4 Å². The molecule has 2 N–H and O–H groups in total. The molecule has 0 aliphatic carbocycles. The van der Waals surface area contributed by atoms with Gasteiger partial charge in [-0.2, -0.15) is 5.10 Å². The summed E-state index contributed by atoms with van der Waals surface area (Å²) >= 11 is 5.95. The number of rotatable bonds is 7. The first kappa shape index (κ1) is 15.8. The molecule has 0 spiro atoms. The minimum atomic E-state index is -0.572. The Labute approximate surface area is 129 Å². The molecule has 0 fully saturated rings. The predicted octanol–water partition coefficient (Wildman–Crippen LogP) is 1.91. The number of hydrogen-bond acceptors (Lipinski definition) is 4. The van der Waals surface area contributed by atoms with Gasteiger partial charge in [0.15, 0.2) is 0 Å². The van der Waals surface area contributed by atoms with Crippen molar-refractivity contribution < 1.29 is 9.84 Å². The van der Waals surface area contributed by atoms with Gasteiger partial charge in [-0.25, -0.2) is 0 Å². The molecule has 0 aliphatic heterocycles. The normalized spacial score (nSPS) is 12.4. The molecule has 114 valence electrons. The molecule has 2 aromatic rings. The number of halogens is 1. The molecule has 1 heterocycles. The summed E-state index contributed by atoms with van der Waals surface area (Å²) in [6.07, 6.45) is 3.16. The summed E-state index contributed by atoms with van der Waals surface area (Å²) in [6.45, 7) is 3.29. The number of hydrogen-bond donors (Lipinski definition) is 2. The largest absolute Gasteiger partial charge is 0.491 e. The van der Waals surface area contributed by atoms with Crippen LogP contribution in [-0.2, 0) is 13.6 Å². The Kier molecular flexibility index (Phi) is 5.61. The van der Waals surface area contributed by atoms with Gasteiger partial charge in [0.2, 0.25) is 0 Å². The molecule has 6 heteroatoms. The number of aliphatic hydroxyl groups is 1. The quantitative estimate of drug-likeness (QED) is 0.820. The fourth-order valence-corrected chi connectivity index (χ4v) is 2.02. The van der Waals surface area contributed by atoms with E-state index in [0.717, 1.165) is 11.1 Å². The van der Waals surface area contributed by atoms with Crippen LogP contribution in [0.5, 0.6) is 5.75 Å². The molecule has 1 aromatic carbocycles. The Bertz CT molecular complexity index is 586. The van der Waals surface area contributed by atoms with Crippen LogP contribution >= 0.6 is 11.6 Å². The summed E-state index contributed by atoms with van der Waals surface area (Å²) in [7, 11) is 1.88. The van der Waals surface area contributed by atoms with Crippen molar-refractivity contribution in [2.45, 2.75) is 19.6 Å². The van der Waals surface area contributed by atoms with E-state index in [4.69, 9.17) is 16.3 Å². The lowest BCUT2D eigenvalue weighted by molar-refractivity contribution is 0.106. The highest BCUT2D eigenvalue weighted by Crippen LogP contribution is 2.21. The smallest absolute Gasteiger partial charge is 0.119 e. The summed E-state index contributed by atoms with van der Waals surface area (Å²) in [4.78, 5) is 0. The van der Waals surface area contributed by atoms with E-state index in [1.165, 1.54) is 0 Å². The van der Waals surface area contributed by atoms with Crippen LogP contribution in [-0.4, -0.2) is 34.1 Å². The van der Waals surface area contributed by atoms with Gasteiger partial charge in [-0.1, -0.05) is 11.6 Å². The Morgan fingerprint density at radius 3 is 2.95 bits per heavy atom. The van der Waals surface area contributed by atoms with Crippen molar-refractivity contribution in [1.29, 1.82) is 0 Å². The highest BCUT2D eigenvalue weighted by molar-refractivity contribution is 6.31. The predicted molar refractivity (Wildman–Crippen MR) is 82.6 cm³/mol. The SMILES string of the molecule is Cc1cc(OCC(O)CNCc2cnn(C)c2)ccc1Cl. The lowest BCUT2D eigenvalue weighted by Crippen LogP contribution is -2.31. The van der Waals surface area contributed by atoms with Crippen LogP contribution in [0.15, 0.2) is 30.6 Å². The van der Waals surface area contributed by atoms with Crippen molar-refractivity contribution in [1.82, 2.24) is 15.1 Å². The molecule has 0 amide bonds. The summed E-state index contributed by atoms with van der Waals surface area (Å²) < 4.78 is 7.29. The van der Waals surface area contributed by atoms with Crippen molar-refractivity contribution in [2.75, 3.05) is 13.2 Å². The molecule has 0 aliphatic rings. The van der Waals surface area contributed by atoms with Crippen molar-refractivity contribution in [2.24, 2.45) is 7.05 Å². The Morgan fingerprint density at radius 2 is 2.29 bits per heavy atom.